The zero-order chi connectivity index (χ0) is 40.1. The number of halogens is 2. The number of rotatable bonds is 17. The van der Waals surface area contributed by atoms with Gasteiger partial charge in [0, 0.05) is 6.92 Å². The molecular weight excluding hydrogens is 821 g/mol. The van der Waals surface area contributed by atoms with Crippen LogP contribution in [0.5, 0.6) is 0 Å². The van der Waals surface area contributed by atoms with Crippen molar-refractivity contribution in [2.75, 3.05) is 7.11 Å². The first-order valence-corrected chi connectivity index (χ1v) is 26.6. The maximum absolute atomic E-state index is 14.2. The molecule has 312 valence electrons. The van der Waals surface area contributed by atoms with Gasteiger partial charge in [0.25, 0.3) is 0 Å². The Hall–Kier alpha value is -2.65. The summed E-state index contributed by atoms with van der Waals surface area (Å²) in [7, 11) is 2.00. The van der Waals surface area contributed by atoms with Gasteiger partial charge in [-0.2, -0.15) is 0 Å². The van der Waals surface area contributed by atoms with Crippen LogP contribution >= 0.6 is 0 Å². The molecule has 2 aromatic rings. The van der Waals surface area contributed by atoms with E-state index in [1.807, 2.05) is 7.11 Å². The third kappa shape index (κ3) is 16.4. The average Bonchev–Trinajstić information content (AvgIpc) is 3.63. The number of carbonyl (C=O) groups is 3. The topological polar surface area (TPSA) is 127 Å². The third-order valence-corrected chi connectivity index (χ3v) is 22.8. The third-order valence-electron chi connectivity index (χ3n) is 9.49. The molecule has 2 unspecified atom stereocenters. The van der Waals surface area contributed by atoms with Crippen LogP contribution in [0.25, 0.3) is 0 Å². The fourth-order valence-electron chi connectivity index (χ4n) is 6.24. The van der Waals surface area contributed by atoms with E-state index in [-0.39, 0.29) is 7.43 Å². The van der Waals surface area contributed by atoms with Crippen LogP contribution in [0.2, 0.25) is 13.3 Å². The van der Waals surface area contributed by atoms with Gasteiger partial charge in [0.05, 0.1) is 23.3 Å². The average molecular weight is 888 g/mol. The van der Waals surface area contributed by atoms with Crippen molar-refractivity contribution in [1.29, 1.82) is 0 Å². The Morgan fingerprint density at radius 3 is 1.44 bits per heavy atom. The zero-order valence-corrected chi connectivity index (χ0v) is 35.9. The molecule has 0 amide bonds. The van der Waals surface area contributed by atoms with Gasteiger partial charge in [0.2, 0.25) is 6.29 Å². The van der Waals surface area contributed by atoms with E-state index in [1.165, 1.54) is 58.8 Å². The molecular formula is C42H66F2O10Sn. The summed E-state index contributed by atoms with van der Waals surface area (Å²) in [5.41, 5.74) is 0.614. The van der Waals surface area contributed by atoms with Gasteiger partial charge in [-0.05, 0) is 37.1 Å². The number of carbonyl (C=O) groups excluding carboxylic acids is 3. The van der Waals surface area contributed by atoms with Gasteiger partial charge >= 0.3 is 119 Å². The SMILES string of the molecule is C.CCC[CH2][Sn]([CH2]CCC)([CH2]CCC)[O]C.CC[C@H]1OC(O)[C@H](OC(=O)c2ccccc2)[C@@H]1F.CC[C@H]1OC(OC(C)=O)[C@H](OC(=O)c2ccccc2)[C@@H]1F. The maximum atomic E-state index is 14.2. The van der Waals surface area contributed by atoms with Gasteiger partial charge in [0.15, 0.2) is 30.8 Å². The van der Waals surface area contributed by atoms with Crippen LogP contribution in [0.4, 0.5) is 8.78 Å². The molecule has 1 N–H and O–H groups in total. The summed E-state index contributed by atoms with van der Waals surface area (Å²) in [5.74, 6) is -1.96. The van der Waals surface area contributed by atoms with Crippen LogP contribution in [-0.4, -0.2) is 98.3 Å². The molecule has 2 aliphatic heterocycles. The largest absolute Gasteiger partial charge is 0.450 e. The van der Waals surface area contributed by atoms with Crippen molar-refractivity contribution in [1.82, 2.24) is 0 Å². The number of alkyl halides is 2. The Balaban J connectivity index is 0.000000415. The van der Waals surface area contributed by atoms with Crippen molar-refractivity contribution < 1.29 is 55.0 Å². The standard InChI is InChI=1S/C15H17FO5.C13H15FO4.3C4H9.CH3O.CH4.Sn/c1-3-11-12(16)13(15(20-11)19-9(2)17)21-14(18)10-7-5-4-6-8-10;1-2-9-10(14)11(13(16)17-9)18-12(15)8-6-4-3-5-7-8;3*1-3-4-2;1-2;;/h4-8,11-13,15H,3H2,1-2H3;3-7,9-11,13,16H,2H2,1H3;3*1,3-4H2,2H3;1H3;1H4;/q;;;;;-1;;+1/t11-,12-,13-,15?;9-,10-,11-,13?;;;;;;/m11....../s1. The van der Waals surface area contributed by atoms with Gasteiger partial charge in [0.1, 0.15) is 0 Å². The van der Waals surface area contributed by atoms with Crippen molar-refractivity contribution in [3.05, 3.63) is 71.8 Å². The summed E-state index contributed by atoms with van der Waals surface area (Å²) < 4.78 is 63.7. The van der Waals surface area contributed by atoms with E-state index in [2.05, 4.69) is 20.8 Å². The number of benzene rings is 2. The number of hydrogen-bond acceptors (Lipinski definition) is 10. The second-order valence-electron chi connectivity index (χ2n) is 13.6. The molecule has 13 heteroatoms. The minimum Gasteiger partial charge on any atom is -0.450 e. The summed E-state index contributed by atoms with van der Waals surface area (Å²) in [6.45, 7) is 11.6. The number of unbranched alkanes of at least 4 members (excludes halogenated alkanes) is 3. The Morgan fingerprint density at radius 1 is 0.673 bits per heavy atom. The van der Waals surface area contributed by atoms with E-state index in [0.29, 0.717) is 24.0 Å². The normalized spacial score (nSPS) is 24.3. The van der Waals surface area contributed by atoms with Crippen LogP contribution in [-0.2, 0) is 31.6 Å². The molecule has 55 heavy (non-hydrogen) atoms. The predicted octanol–water partition coefficient (Wildman–Crippen LogP) is 9.54. The molecule has 0 aliphatic carbocycles. The maximum Gasteiger partial charge on any atom is 0.338 e. The van der Waals surface area contributed by atoms with Gasteiger partial charge < -0.3 is 28.8 Å². The molecule has 0 spiro atoms. The van der Waals surface area contributed by atoms with Crippen LogP contribution in [0, 0.1) is 0 Å². The molecule has 2 saturated heterocycles. The molecule has 10 nitrogen and oxygen atoms in total. The Bertz CT molecular complexity index is 1330. The first kappa shape index (κ1) is 50.4. The van der Waals surface area contributed by atoms with E-state index in [0.717, 1.165) is 0 Å². The van der Waals surface area contributed by atoms with Crippen LogP contribution in [0.1, 0.15) is 121 Å². The van der Waals surface area contributed by atoms with Crippen LogP contribution in [0.15, 0.2) is 60.7 Å². The summed E-state index contributed by atoms with van der Waals surface area (Å²) in [4.78, 5) is 34.8. The first-order valence-electron chi connectivity index (χ1n) is 19.4. The van der Waals surface area contributed by atoms with Gasteiger partial charge in [-0.15, -0.1) is 0 Å². The van der Waals surface area contributed by atoms with Crippen LogP contribution in [0.3, 0.4) is 0 Å². The molecule has 0 radical (unpaired) electrons. The Labute approximate surface area is 332 Å². The summed E-state index contributed by atoms with van der Waals surface area (Å²) in [5, 5.41) is 9.52. The molecule has 2 aliphatic rings. The number of hydrogen-bond donors (Lipinski definition) is 1. The minimum atomic E-state index is -2.12. The van der Waals surface area contributed by atoms with E-state index in [9.17, 15) is 28.3 Å². The molecule has 0 bridgehead atoms. The summed E-state index contributed by atoms with van der Waals surface area (Å²) in [6.07, 6.45) is -0.661. The molecule has 2 aromatic carbocycles. The smallest absolute Gasteiger partial charge is 0.338 e. The van der Waals surface area contributed by atoms with Crippen molar-refractivity contribution in [2.24, 2.45) is 0 Å². The quantitative estimate of drug-likeness (QED) is 0.0933. The van der Waals surface area contributed by atoms with Crippen molar-refractivity contribution in [3.8, 4) is 0 Å². The van der Waals surface area contributed by atoms with Crippen molar-refractivity contribution in [3.63, 3.8) is 0 Å². The van der Waals surface area contributed by atoms with Gasteiger partial charge in [-0.1, -0.05) is 57.7 Å². The molecule has 2 heterocycles. The summed E-state index contributed by atoms with van der Waals surface area (Å²) in [6, 6.07) is 16.5. The van der Waals surface area contributed by atoms with Gasteiger partial charge in [-0.3, -0.25) is 4.79 Å². The molecule has 8 atom stereocenters. The van der Waals surface area contributed by atoms with E-state index in [1.54, 1.807) is 74.5 Å². The Kier molecular flexibility index (Phi) is 24.8. The number of esters is 3. The summed E-state index contributed by atoms with van der Waals surface area (Å²) >= 11 is -2.12. The fraction of sp³-hybridized carbons (Fsp3) is 0.643. The van der Waals surface area contributed by atoms with E-state index >= 15 is 0 Å². The molecule has 0 saturated carbocycles. The zero-order valence-electron chi connectivity index (χ0n) is 33.0. The second kappa shape index (κ2) is 27.1. The number of ether oxygens (including phenoxy) is 5. The number of aliphatic hydroxyl groups is 1. The first-order chi connectivity index (χ1) is 25.9. The Morgan fingerprint density at radius 2 is 1.07 bits per heavy atom. The molecule has 2 fully saturated rings. The van der Waals surface area contributed by atoms with E-state index < -0.39 is 86.0 Å². The predicted molar refractivity (Wildman–Crippen MR) is 212 cm³/mol. The van der Waals surface area contributed by atoms with Gasteiger partial charge in [-0.25, -0.2) is 18.4 Å². The number of aliphatic hydroxyl groups excluding tert-OH is 1. The molecule has 0 aromatic heterocycles. The van der Waals surface area contributed by atoms with Crippen LogP contribution < -0.4 is 0 Å². The fourth-order valence-corrected chi connectivity index (χ4v) is 18.7. The van der Waals surface area contributed by atoms with E-state index in [4.69, 9.17) is 26.8 Å². The second-order valence-corrected chi connectivity index (χ2v) is 25.8. The monoisotopic (exact) mass is 888 g/mol. The minimum absolute atomic E-state index is 0. The van der Waals surface area contributed by atoms with Crippen molar-refractivity contribution >= 4 is 36.7 Å². The van der Waals surface area contributed by atoms with Crippen molar-refractivity contribution in [2.45, 2.75) is 163 Å². The molecule has 4 rings (SSSR count).